The molecule has 3 aromatic rings. The molecule has 1 aromatic carbocycles. The van der Waals surface area contributed by atoms with Crippen molar-refractivity contribution in [2.24, 2.45) is 5.92 Å². The first-order chi connectivity index (χ1) is 12.3. The van der Waals surface area contributed by atoms with Gasteiger partial charge in [0.05, 0.1) is 5.92 Å². The molecule has 2 atom stereocenters. The van der Waals surface area contributed by atoms with Gasteiger partial charge in [0.1, 0.15) is 0 Å². The minimum absolute atomic E-state index is 0. The molecule has 134 valence electrons. The fourth-order valence-electron chi connectivity index (χ4n) is 3.30. The fourth-order valence-corrected chi connectivity index (χ4v) is 4.19. The molecular weight excluding hydrogens is 342 g/mol. The molecule has 0 spiro atoms. The number of amides is 1. The van der Waals surface area contributed by atoms with Gasteiger partial charge in [-0.15, -0.1) is 11.3 Å². The second-order valence-corrected chi connectivity index (χ2v) is 7.18. The fraction of sp³-hybridized carbons (Fsp3) is 0.238. The summed E-state index contributed by atoms with van der Waals surface area (Å²) in [6.07, 6.45) is 3.58. The molecule has 2 aromatic heterocycles. The van der Waals surface area contributed by atoms with E-state index in [1.807, 2.05) is 48.7 Å². The van der Waals surface area contributed by atoms with Crippen molar-refractivity contribution in [1.29, 1.82) is 0 Å². The highest BCUT2D eigenvalue weighted by Crippen LogP contribution is 2.32. The molecule has 0 bridgehead atoms. The minimum atomic E-state index is -0.0410. The molecule has 5 heteroatoms. The zero-order valence-electron chi connectivity index (χ0n) is 13.7. The largest absolute Gasteiger partial charge is 0.326 e. The van der Waals surface area contributed by atoms with Crippen LogP contribution in [-0.2, 0) is 4.79 Å². The van der Waals surface area contributed by atoms with Crippen LogP contribution in [-0.4, -0.2) is 24.0 Å². The number of nitrogens with one attached hydrogen (secondary N) is 2. The van der Waals surface area contributed by atoms with Crippen LogP contribution in [0.3, 0.4) is 0 Å². The quantitative estimate of drug-likeness (QED) is 0.721. The highest BCUT2D eigenvalue weighted by atomic mass is 32.1. The van der Waals surface area contributed by atoms with E-state index in [1.165, 1.54) is 4.88 Å². The van der Waals surface area contributed by atoms with E-state index in [-0.39, 0.29) is 25.2 Å². The maximum absolute atomic E-state index is 12.8. The average molecular weight is 366 g/mol. The van der Waals surface area contributed by atoms with Crippen LogP contribution in [0.4, 0.5) is 5.69 Å². The van der Waals surface area contributed by atoms with Gasteiger partial charge >= 0.3 is 0 Å². The van der Waals surface area contributed by atoms with Crippen molar-refractivity contribution in [3.63, 3.8) is 0 Å². The first kappa shape index (κ1) is 18.3. The third-order valence-electron chi connectivity index (χ3n) is 4.58. The van der Waals surface area contributed by atoms with E-state index >= 15 is 0 Å². The van der Waals surface area contributed by atoms with E-state index in [9.17, 15) is 4.79 Å². The number of pyridine rings is 1. The summed E-state index contributed by atoms with van der Waals surface area (Å²) in [6.45, 7) is 1.57. The molecule has 0 radical (unpaired) electrons. The van der Waals surface area contributed by atoms with E-state index in [1.54, 1.807) is 17.5 Å². The lowest BCUT2D eigenvalue weighted by atomic mass is 9.93. The normalized spacial score (nSPS) is 18.9. The lowest BCUT2D eigenvalue weighted by Gasteiger charge is -2.17. The summed E-state index contributed by atoms with van der Waals surface area (Å²) in [7, 11) is 0. The van der Waals surface area contributed by atoms with Crippen LogP contribution in [0.15, 0.2) is 66.3 Å². The van der Waals surface area contributed by atoms with Crippen molar-refractivity contribution in [1.82, 2.24) is 10.3 Å². The summed E-state index contributed by atoms with van der Waals surface area (Å²) in [5.41, 5.74) is 2.91. The van der Waals surface area contributed by atoms with Gasteiger partial charge in [-0.1, -0.05) is 31.7 Å². The van der Waals surface area contributed by atoms with Gasteiger partial charge in [0.15, 0.2) is 0 Å². The van der Waals surface area contributed by atoms with Crippen LogP contribution in [0, 0.1) is 5.92 Å². The Morgan fingerprint density at radius 3 is 2.77 bits per heavy atom. The Balaban J connectivity index is 0.00000196. The van der Waals surface area contributed by atoms with Crippen LogP contribution in [0.5, 0.6) is 0 Å². The van der Waals surface area contributed by atoms with Gasteiger partial charge in [0, 0.05) is 47.5 Å². The van der Waals surface area contributed by atoms with Crippen LogP contribution in [0.25, 0.3) is 11.1 Å². The molecule has 0 aliphatic carbocycles. The number of anilines is 1. The van der Waals surface area contributed by atoms with Crippen molar-refractivity contribution >= 4 is 22.9 Å². The second kappa shape index (κ2) is 8.25. The predicted octanol–water partition coefficient (Wildman–Crippen LogP) is 4.39. The average Bonchev–Trinajstić information content (AvgIpc) is 3.34. The van der Waals surface area contributed by atoms with Gasteiger partial charge in [0.2, 0.25) is 5.91 Å². The molecule has 1 amide bonds. The Bertz CT molecular complexity index is 849. The Labute approximate surface area is 158 Å². The summed E-state index contributed by atoms with van der Waals surface area (Å²) >= 11 is 1.72. The number of nitrogens with zero attached hydrogens (tertiary/aromatic N) is 1. The van der Waals surface area contributed by atoms with E-state index in [2.05, 4.69) is 27.1 Å². The van der Waals surface area contributed by atoms with Crippen LogP contribution < -0.4 is 10.6 Å². The van der Waals surface area contributed by atoms with Gasteiger partial charge in [-0.2, -0.15) is 0 Å². The molecule has 4 nitrogen and oxygen atoms in total. The molecule has 1 aliphatic rings. The van der Waals surface area contributed by atoms with E-state index in [0.717, 1.165) is 29.9 Å². The first-order valence-electron chi connectivity index (χ1n) is 8.37. The summed E-state index contributed by atoms with van der Waals surface area (Å²) in [5.74, 6) is 0.286. The van der Waals surface area contributed by atoms with Crippen molar-refractivity contribution in [3.05, 3.63) is 71.2 Å². The molecular formula is C21H23N3OS. The summed E-state index contributed by atoms with van der Waals surface area (Å²) in [5, 5.41) is 8.51. The van der Waals surface area contributed by atoms with Gasteiger partial charge in [0.25, 0.3) is 0 Å². The van der Waals surface area contributed by atoms with Crippen molar-refractivity contribution in [3.8, 4) is 11.1 Å². The standard InChI is InChI=1S/C20H19N3OS.CH4/c24-20(18-13-22-12-17(18)19-7-3-9-25-19)23-16-6-1-4-14(10-16)15-5-2-8-21-11-15;/h1-11,17-18,22H,12-13H2,(H,23,24);1H4. The highest BCUT2D eigenvalue weighted by molar-refractivity contribution is 7.10. The number of carbonyl (C=O) groups is 1. The number of aromatic nitrogens is 1. The summed E-state index contributed by atoms with van der Waals surface area (Å²) in [6, 6.07) is 16.0. The zero-order chi connectivity index (χ0) is 17.1. The Morgan fingerprint density at radius 2 is 2.00 bits per heavy atom. The number of hydrogen-bond acceptors (Lipinski definition) is 4. The third kappa shape index (κ3) is 3.84. The van der Waals surface area contributed by atoms with E-state index in [0.29, 0.717) is 0 Å². The van der Waals surface area contributed by atoms with E-state index < -0.39 is 0 Å². The molecule has 1 aliphatic heterocycles. The molecule has 1 saturated heterocycles. The topological polar surface area (TPSA) is 54.0 Å². The SMILES string of the molecule is C.O=C(Nc1cccc(-c2cccnc2)c1)C1CNCC1c1cccs1. The summed E-state index contributed by atoms with van der Waals surface area (Å²) in [4.78, 5) is 18.2. The van der Waals surface area contributed by atoms with Crippen molar-refractivity contribution < 1.29 is 4.79 Å². The molecule has 0 saturated carbocycles. The predicted molar refractivity (Wildman–Crippen MR) is 108 cm³/mol. The lowest BCUT2D eigenvalue weighted by molar-refractivity contribution is -0.119. The molecule has 1 fully saturated rings. The first-order valence-corrected chi connectivity index (χ1v) is 9.25. The van der Waals surface area contributed by atoms with Crippen LogP contribution >= 0.6 is 11.3 Å². The second-order valence-electron chi connectivity index (χ2n) is 6.20. The van der Waals surface area contributed by atoms with Crippen LogP contribution in [0.1, 0.15) is 18.2 Å². The van der Waals surface area contributed by atoms with Crippen molar-refractivity contribution in [2.45, 2.75) is 13.3 Å². The molecule has 26 heavy (non-hydrogen) atoms. The molecule has 2 N–H and O–H groups in total. The third-order valence-corrected chi connectivity index (χ3v) is 5.59. The molecule has 4 rings (SSSR count). The maximum Gasteiger partial charge on any atom is 0.229 e. The number of hydrogen-bond donors (Lipinski definition) is 2. The van der Waals surface area contributed by atoms with E-state index in [4.69, 9.17) is 0 Å². The monoisotopic (exact) mass is 365 g/mol. The minimum Gasteiger partial charge on any atom is -0.326 e. The number of carbonyl (C=O) groups excluding carboxylic acids is 1. The van der Waals surface area contributed by atoms with Gasteiger partial charge in [-0.25, -0.2) is 0 Å². The molecule has 2 unspecified atom stereocenters. The van der Waals surface area contributed by atoms with Crippen molar-refractivity contribution in [2.75, 3.05) is 18.4 Å². The highest BCUT2D eigenvalue weighted by Gasteiger charge is 2.34. The Hall–Kier alpha value is -2.50. The Kier molecular flexibility index (Phi) is 5.81. The Morgan fingerprint density at radius 1 is 1.12 bits per heavy atom. The summed E-state index contributed by atoms with van der Waals surface area (Å²) < 4.78 is 0. The molecule has 3 heterocycles. The lowest BCUT2D eigenvalue weighted by Crippen LogP contribution is -2.27. The van der Waals surface area contributed by atoms with Gasteiger partial charge in [-0.3, -0.25) is 9.78 Å². The number of rotatable bonds is 4. The van der Waals surface area contributed by atoms with Gasteiger partial charge in [-0.05, 0) is 35.2 Å². The zero-order valence-corrected chi connectivity index (χ0v) is 14.5. The maximum atomic E-state index is 12.8. The number of benzene rings is 1. The van der Waals surface area contributed by atoms with Crippen LogP contribution in [0.2, 0.25) is 0 Å². The number of thiophene rings is 1. The van der Waals surface area contributed by atoms with Gasteiger partial charge < -0.3 is 10.6 Å². The smallest absolute Gasteiger partial charge is 0.229 e.